The summed E-state index contributed by atoms with van der Waals surface area (Å²) in [7, 11) is 0. The van der Waals surface area contributed by atoms with Gasteiger partial charge in [0, 0.05) is 12.6 Å². The Morgan fingerprint density at radius 3 is 2.95 bits per heavy atom. The van der Waals surface area contributed by atoms with E-state index in [0.717, 1.165) is 6.42 Å². The van der Waals surface area contributed by atoms with Gasteiger partial charge in [-0.1, -0.05) is 17.7 Å². The number of amides is 1. The number of hydrogen-bond donors (Lipinski definition) is 1. The molecule has 1 aromatic rings. The van der Waals surface area contributed by atoms with E-state index < -0.39 is 10.8 Å². The molecule has 1 atom stereocenters. The molecule has 0 aliphatic carbocycles. The van der Waals surface area contributed by atoms with Gasteiger partial charge in [-0.2, -0.15) is 0 Å². The lowest BCUT2D eigenvalue weighted by Crippen LogP contribution is -2.38. The van der Waals surface area contributed by atoms with Crippen LogP contribution in [-0.4, -0.2) is 40.0 Å². The van der Waals surface area contributed by atoms with Crippen LogP contribution in [0.25, 0.3) is 0 Å². The molecule has 1 unspecified atom stereocenters. The highest BCUT2D eigenvalue weighted by atomic mass is 35.5. The Morgan fingerprint density at radius 1 is 1.58 bits per heavy atom. The van der Waals surface area contributed by atoms with Crippen molar-refractivity contribution in [3.63, 3.8) is 0 Å². The van der Waals surface area contributed by atoms with E-state index in [0.29, 0.717) is 13.0 Å². The average Bonchev–Trinajstić information content (AvgIpc) is 2.85. The molecule has 0 radical (unpaired) electrons. The highest BCUT2D eigenvalue weighted by Crippen LogP contribution is 2.30. The van der Waals surface area contributed by atoms with Gasteiger partial charge in [0.15, 0.2) is 0 Å². The van der Waals surface area contributed by atoms with Crippen molar-refractivity contribution < 1.29 is 14.8 Å². The van der Waals surface area contributed by atoms with E-state index in [9.17, 15) is 20.0 Å². The van der Waals surface area contributed by atoms with Crippen molar-refractivity contribution >= 4 is 23.2 Å². The molecule has 0 bridgehead atoms. The normalized spacial score (nSPS) is 18.6. The molecular weight excluding hydrogens is 272 g/mol. The van der Waals surface area contributed by atoms with Gasteiger partial charge in [0.2, 0.25) is 0 Å². The van der Waals surface area contributed by atoms with E-state index in [1.165, 1.54) is 23.1 Å². The summed E-state index contributed by atoms with van der Waals surface area (Å²) in [6.45, 7) is 0.330. The second kappa shape index (κ2) is 5.54. The molecular formula is C12H13ClN2O4. The molecule has 1 amide bonds. The van der Waals surface area contributed by atoms with Gasteiger partial charge in [-0.3, -0.25) is 14.9 Å². The number of aliphatic hydroxyl groups excluding tert-OH is 1. The van der Waals surface area contributed by atoms with Crippen molar-refractivity contribution in [1.29, 1.82) is 0 Å². The smallest absolute Gasteiger partial charge is 0.283 e. The number of nitro groups is 1. The van der Waals surface area contributed by atoms with Crippen molar-refractivity contribution in [3.05, 3.63) is 38.9 Å². The van der Waals surface area contributed by atoms with E-state index in [-0.39, 0.29) is 28.9 Å². The highest BCUT2D eigenvalue weighted by molar-refractivity contribution is 6.34. The molecule has 1 fully saturated rings. The first-order chi connectivity index (χ1) is 9.06. The van der Waals surface area contributed by atoms with Crippen LogP contribution in [-0.2, 0) is 0 Å². The van der Waals surface area contributed by atoms with Gasteiger partial charge < -0.3 is 10.0 Å². The predicted octanol–water partition coefficient (Wildman–Crippen LogP) is 1.85. The lowest BCUT2D eigenvalue weighted by molar-refractivity contribution is -0.385. The van der Waals surface area contributed by atoms with Crippen LogP contribution < -0.4 is 0 Å². The van der Waals surface area contributed by atoms with Crippen molar-refractivity contribution in [2.24, 2.45) is 0 Å². The van der Waals surface area contributed by atoms with Crippen LogP contribution >= 0.6 is 11.6 Å². The third-order valence-corrected chi connectivity index (χ3v) is 3.57. The fourth-order valence-corrected chi connectivity index (χ4v) is 2.56. The Kier molecular flexibility index (Phi) is 4.01. The first-order valence-electron chi connectivity index (χ1n) is 5.91. The molecule has 1 aliphatic rings. The molecule has 1 aliphatic heterocycles. The predicted molar refractivity (Wildman–Crippen MR) is 69.3 cm³/mol. The maximum absolute atomic E-state index is 12.4. The van der Waals surface area contributed by atoms with Gasteiger partial charge in [0.1, 0.15) is 5.56 Å². The molecule has 7 heteroatoms. The molecule has 2 rings (SSSR count). The zero-order valence-corrected chi connectivity index (χ0v) is 10.8. The second-order valence-electron chi connectivity index (χ2n) is 4.37. The van der Waals surface area contributed by atoms with Crippen LogP contribution in [0.15, 0.2) is 18.2 Å². The van der Waals surface area contributed by atoms with Crippen LogP contribution in [0.5, 0.6) is 0 Å². The molecule has 102 valence electrons. The minimum Gasteiger partial charge on any atom is -0.394 e. The largest absolute Gasteiger partial charge is 0.394 e. The fraction of sp³-hybridized carbons (Fsp3) is 0.417. The Balaban J connectivity index is 2.41. The summed E-state index contributed by atoms with van der Waals surface area (Å²) in [6, 6.07) is 3.85. The maximum atomic E-state index is 12.4. The van der Waals surface area contributed by atoms with Gasteiger partial charge in [-0.05, 0) is 18.9 Å². The molecule has 0 spiro atoms. The zero-order valence-electron chi connectivity index (χ0n) is 10.1. The number of carbonyl (C=O) groups excluding carboxylic acids is 1. The molecule has 6 nitrogen and oxygen atoms in total. The summed E-state index contributed by atoms with van der Waals surface area (Å²) in [6.07, 6.45) is 1.47. The molecule has 1 N–H and O–H groups in total. The SMILES string of the molecule is O=C(c1c(Cl)cccc1[N+](=O)[O-])N1CCCC1CO. The maximum Gasteiger partial charge on any atom is 0.283 e. The van der Waals surface area contributed by atoms with Gasteiger partial charge in [-0.15, -0.1) is 0 Å². The molecule has 0 aromatic heterocycles. The van der Waals surface area contributed by atoms with Crippen molar-refractivity contribution in [2.75, 3.05) is 13.2 Å². The zero-order chi connectivity index (χ0) is 14.0. The number of benzene rings is 1. The standard InChI is InChI=1S/C12H13ClN2O4/c13-9-4-1-5-10(15(18)19)11(9)12(17)14-6-2-3-8(14)7-16/h1,4-5,8,16H,2-3,6-7H2. The lowest BCUT2D eigenvalue weighted by Gasteiger charge is -2.23. The van der Waals surface area contributed by atoms with Gasteiger partial charge in [0.05, 0.1) is 22.6 Å². The van der Waals surface area contributed by atoms with E-state index in [1.54, 1.807) is 0 Å². The fourth-order valence-electron chi connectivity index (χ4n) is 2.31. The van der Waals surface area contributed by atoms with E-state index in [4.69, 9.17) is 11.6 Å². The van der Waals surface area contributed by atoms with Gasteiger partial charge in [0.25, 0.3) is 11.6 Å². The topological polar surface area (TPSA) is 83.7 Å². The first kappa shape index (κ1) is 13.8. The van der Waals surface area contributed by atoms with E-state index in [1.807, 2.05) is 0 Å². The first-order valence-corrected chi connectivity index (χ1v) is 6.28. The lowest BCUT2D eigenvalue weighted by atomic mass is 10.1. The number of likely N-dealkylation sites (tertiary alicyclic amines) is 1. The number of carbonyl (C=O) groups is 1. The van der Waals surface area contributed by atoms with E-state index >= 15 is 0 Å². The Hall–Kier alpha value is -1.66. The number of halogens is 1. The summed E-state index contributed by atoms with van der Waals surface area (Å²) >= 11 is 5.92. The van der Waals surface area contributed by atoms with Crippen molar-refractivity contribution in [1.82, 2.24) is 4.90 Å². The number of nitrogens with zero attached hydrogens (tertiary/aromatic N) is 2. The quantitative estimate of drug-likeness (QED) is 0.678. The summed E-state index contributed by atoms with van der Waals surface area (Å²) in [4.78, 5) is 24.2. The van der Waals surface area contributed by atoms with E-state index in [2.05, 4.69) is 0 Å². The minimum absolute atomic E-state index is 0.0581. The van der Waals surface area contributed by atoms with Crippen LogP contribution in [0.3, 0.4) is 0 Å². The van der Waals surface area contributed by atoms with Crippen LogP contribution in [0.2, 0.25) is 5.02 Å². The molecule has 1 saturated heterocycles. The number of nitro benzene ring substituents is 1. The molecule has 1 aromatic carbocycles. The molecule has 1 heterocycles. The van der Waals surface area contributed by atoms with Crippen molar-refractivity contribution in [3.8, 4) is 0 Å². The third-order valence-electron chi connectivity index (χ3n) is 3.25. The molecule has 19 heavy (non-hydrogen) atoms. The van der Waals surface area contributed by atoms with Crippen LogP contribution in [0.1, 0.15) is 23.2 Å². The molecule has 0 saturated carbocycles. The number of rotatable bonds is 3. The minimum atomic E-state index is -0.622. The summed E-state index contributed by atoms with van der Waals surface area (Å²) in [5, 5.41) is 20.2. The Labute approximate surface area is 114 Å². The summed E-state index contributed by atoms with van der Waals surface area (Å²) < 4.78 is 0. The second-order valence-corrected chi connectivity index (χ2v) is 4.78. The van der Waals surface area contributed by atoms with Crippen molar-refractivity contribution in [2.45, 2.75) is 18.9 Å². The van der Waals surface area contributed by atoms with Crippen LogP contribution in [0.4, 0.5) is 5.69 Å². The van der Waals surface area contributed by atoms with Gasteiger partial charge >= 0.3 is 0 Å². The van der Waals surface area contributed by atoms with Crippen LogP contribution in [0, 0.1) is 10.1 Å². The summed E-state index contributed by atoms with van der Waals surface area (Å²) in [5.41, 5.74) is -0.407. The van der Waals surface area contributed by atoms with Gasteiger partial charge in [-0.25, -0.2) is 0 Å². The Bertz CT molecular complexity index is 520. The third kappa shape index (κ3) is 2.54. The number of hydrogen-bond acceptors (Lipinski definition) is 4. The Morgan fingerprint density at radius 2 is 2.32 bits per heavy atom. The highest BCUT2D eigenvalue weighted by Gasteiger charge is 2.33. The monoisotopic (exact) mass is 284 g/mol. The summed E-state index contributed by atoms with van der Waals surface area (Å²) in [5.74, 6) is -0.492. The average molecular weight is 285 g/mol. The number of aliphatic hydroxyl groups is 1.